The molecule has 4 bridgehead atoms. The first-order chi connectivity index (χ1) is 9.21. The molecule has 5 fully saturated rings. The molecule has 0 radical (unpaired) electrons. The molecule has 4 heteroatoms. The number of hydrogen-bond acceptors (Lipinski definition) is 2. The minimum absolute atomic E-state index is 0. The molecule has 4 aliphatic carbocycles. The van der Waals surface area contributed by atoms with Gasteiger partial charge in [0.25, 0.3) is 0 Å². The van der Waals surface area contributed by atoms with Crippen molar-refractivity contribution in [3.05, 3.63) is 0 Å². The van der Waals surface area contributed by atoms with Crippen molar-refractivity contribution in [3.63, 3.8) is 0 Å². The van der Waals surface area contributed by atoms with E-state index in [9.17, 15) is 4.79 Å². The zero-order valence-corrected chi connectivity index (χ0v) is 13.0. The van der Waals surface area contributed by atoms with Crippen LogP contribution in [-0.2, 0) is 4.79 Å². The molecule has 0 atom stereocenters. The molecule has 0 aromatic rings. The number of rotatable bonds is 4. The van der Waals surface area contributed by atoms with Crippen LogP contribution in [0.5, 0.6) is 0 Å². The molecule has 3 nitrogen and oxygen atoms in total. The third kappa shape index (κ3) is 2.71. The van der Waals surface area contributed by atoms with Gasteiger partial charge in [-0.05, 0) is 61.7 Å². The van der Waals surface area contributed by atoms with Gasteiger partial charge in [-0.1, -0.05) is 0 Å². The summed E-state index contributed by atoms with van der Waals surface area (Å²) in [6.07, 6.45) is 9.25. The van der Waals surface area contributed by atoms with Gasteiger partial charge in [-0.2, -0.15) is 0 Å². The molecule has 0 aromatic carbocycles. The molecule has 1 saturated heterocycles. The van der Waals surface area contributed by atoms with Gasteiger partial charge in [-0.3, -0.25) is 4.79 Å². The molecule has 2 N–H and O–H groups in total. The van der Waals surface area contributed by atoms with Crippen LogP contribution in [-0.4, -0.2) is 25.5 Å². The first-order valence-electron chi connectivity index (χ1n) is 8.18. The van der Waals surface area contributed by atoms with E-state index in [0.717, 1.165) is 43.8 Å². The van der Waals surface area contributed by atoms with Crippen molar-refractivity contribution >= 4 is 18.3 Å². The van der Waals surface area contributed by atoms with Crippen LogP contribution < -0.4 is 10.6 Å². The highest BCUT2D eigenvalue weighted by Crippen LogP contribution is 2.61. The summed E-state index contributed by atoms with van der Waals surface area (Å²) >= 11 is 0. The van der Waals surface area contributed by atoms with Crippen LogP contribution in [0.15, 0.2) is 0 Å². The van der Waals surface area contributed by atoms with E-state index in [0.29, 0.717) is 17.2 Å². The lowest BCUT2D eigenvalue weighted by Crippen LogP contribution is -2.50. The van der Waals surface area contributed by atoms with Crippen LogP contribution in [0.1, 0.15) is 44.9 Å². The van der Waals surface area contributed by atoms with Crippen LogP contribution >= 0.6 is 12.4 Å². The van der Waals surface area contributed by atoms with Gasteiger partial charge in [0.15, 0.2) is 0 Å². The lowest BCUT2D eigenvalue weighted by molar-refractivity contribution is -0.129. The van der Waals surface area contributed by atoms with Crippen molar-refractivity contribution in [2.75, 3.05) is 19.6 Å². The number of amides is 1. The fourth-order valence-electron chi connectivity index (χ4n) is 5.66. The van der Waals surface area contributed by atoms with E-state index in [4.69, 9.17) is 0 Å². The predicted molar refractivity (Wildman–Crippen MR) is 81.8 cm³/mol. The summed E-state index contributed by atoms with van der Waals surface area (Å²) in [5, 5.41) is 6.44. The van der Waals surface area contributed by atoms with E-state index in [1.165, 1.54) is 38.5 Å². The van der Waals surface area contributed by atoms with E-state index in [1.807, 2.05) is 0 Å². The second kappa shape index (κ2) is 5.49. The molecule has 1 amide bonds. The third-order valence-corrected chi connectivity index (χ3v) is 6.15. The summed E-state index contributed by atoms with van der Waals surface area (Å²) in [5.41, 5.74) is 0.400. The van der Waals surface area contributed by atoms with Gasteiger partial charge in [0.1, 0.15) is 0 Å². The van der Waals surface area contributed by atoms with Crippen molar-refractivity contribution in [2.24, 2.45) is 29.1 Å². The Morgan fingerprint density at radius 2 is 1.60 bits per heavy atom. The van der Waals surface area contributed by atoms with Gasteiger partial charge in [-0.15, -0.1) is 12.4 Å². The van der Waals surface area contributed by atoms with Gasteiger partial charge in [0, 0.05) is 32.0 Å². The molecule has 4 saturated carbocycles. The average Bonchev–Trinajstić information content (AvgIpc) is 2.23. The molecule has 0 unspecified atom stereocenters. The summed E-state index contributed by atoms with van der Waals surface area (Å²) < 4.78 is 0. The molecule has 5 rings (SSSR count). The van der Waals surface area contributed by atoms with E-state index in [2.05, 4.69) is 10.6 Å². The quantitative estimate of drug-likeness (QED) is 0.836. The second-order valence-corrected chi connectivity index (χ2v) is 7.92. The van der Waals surface area contributed by atoms with E-state index >= 15 is 0 Å². The molecule has 0 spiro atoms. The van der Waals surface area contributed by atoms with E-state index in [1.54, 1.807) is 0 Å². The number of nitrogens with one attached hydrogen (secondary N) is 2. The zero-order chi connectivity index (χ0) is 12.9. The van der Waals surface area contributed by atoms with Gasteiger partial charge >= 0.3 is 0 Å². The zero-order valence-electron chi connectivity index (χ0n) is 12.2. The van der Waals surface area contributed by atoms with Crippen LogP contribution in [0, 0.1) is 29.1 Å². The van der Waals surface area contributed by atoms with Gasteiger partial charge in [0.05, 0.1) is 0 Å². The van der Waals surface area contributed by atoms with Crippen molar-refractivity contribution in [2.45, 2.75) is 44.9 Å². The SMILES string of the molecule is Cl.O=C(CC12CC3CC(CC(C3)C1)C2)NCC1CNC1. The Kier molecular flexibility index (Phi) is 4.02. The maximum absolute atomic E-state index is 12.2. The van der Waals surface area contributed by atoms with Crippen molar-refractivity contribution in [1.29, 1.82) is 0 Å². The third-order valence-electron chi connectivity index (χ3n) is 6.15. The van der Waals surface area contributed by atoms with Gasteiger partial charge in [-0.25, -0.2) is 0 Å². The molecule has 1 aliphatic heterocycles. The summed E-state index contributed by atoms with van der Waals surface area (Å²) in [5.74, 6) is 3.87. The summed E-state index contributed by atoms with van der Waals surface area (Å²) in [7, 11) is 0. The Hall–Kier alpha value is -0.280. The lowest BCUT2D eigenvalue weighted by Gasteiger charge is -2.56. The standard InChI is InChI=1S/C16H26N2O.ClH/c19-15(18-10-14-8-17-9-14)7-16-4-11-1-12(5-16)3-13(2-11)6-16;/h11-14,17H,1-10H2,(H,18,19);1H. The van der Waals surface area contributed by atoms with Crippen LogP contribution in [0.25, 0.3) is 0 Å². The number of carbonyl (C=O) groups is 1. The number of hydrogen-bond donors (Lipinski definition) is 2. The normalized spacial score (nSPS) is 41.9. The van der Waals surface area contributed by atoms with Crippen molar-refractivity contribution < 1.29 is 4.79 Å². The maximum Gasteiger partial charge on any atom is 0.220 e. The minimum Gasteiger partial charge on any atom is -0.356 e. The Morgan fingerprint density at radius 1 is 1.05 bits per heavy atom. The Bertz CT molecular complexity index is 345. The van der Waals surface area contributed by atoms with E-state index < -0.39 is 0 Å². The minimum atomic E-state index is 0. The number of carbonyl (C=O) groups excluding carboxylic acids is 1. The summed E-state index contributed by atoms with van der Waals surface area (Å²) in [6, 6.07) is 0. The van der Waals surface area contributed by atoms with Gasteiger partial charge < -0.3 is 10.6 Å². The van der Waals surface area contributed by atoms with Gasteiger partial charge in [0.2, 0.25) is 5.91 Å². The van der Waals surface area contributed by atoms with Crippen LogP contribution in [0.2, 0.25) is 0 Å². The molecule has 1 heterocycles. The predicted octanol–water partition coefficient (Wildman–Crippen LogP) is 2.35. The van der Waals surface area contributed by atoms with Crippen LogP contribution in [0.3, 0.4) is 0 Å². The smallest absolute Gasteiger partial charge is 0.220 e. The molecular weight excluding hydrogens is 272 g/mol. The molecule has 0 aromatic heterocycles. The number of halogens is 1. The van der Waals surface area contributed by atoms with Crippen LogP contribution in [0.4, 0.5) is 0 Å². The Morgan fingerprint density at radius 3 is 2.05 bits per heavy atom. The highest BCUT2D eigenvalue weighted by atomic mass is 35.5. The van der Waals surface area contributed by atoms with Crippen molar-refractivity contribution in [1.82, 2.24) is 10.6 Å². The topological polar surface area (TPSA) is 41.1 Å². The fraction of sp³-hybridized carbons (Fsp3) is 0.938. The fourth-order valence-corrected chi connectivity index (χ4v) is 5.66. The molecule has 5 aliphatic rings. The average molecular weight is 299 g/mol. The monoisotopic (exact) mass is 298 g/mol. The second-order valence-electron chi connectivity index (χ2n) is 7.92. The summed E-state index contributed by atoms with van der Waals surface area (Å²) in [4.78, 5) is 12.2. The molecule has 20 heavy (non-hydrogen) atoms. The Labute approximate surface area is 128 Å². The summed E-state index contributed by atoms with van der Waals surface area (Å²) in [6.45, 7) is 3.05. The van der Waals surface area contributed by atoms with Crippen molar-refractivity contribution in [3.8, 4) is 0 Å². The highest BCUT2D eigenvalue weighted by Gasteiger charge is 2.51. The maximum atomic E-state index is 12.2. The van der Waals surface area contributed by atoms with E-state index in [-0.39, 0.29) is 12.4 Å². The Balaban J connectivity index is 0.00000121. The first kappa shape index (κ1) is 14.6. The molecule has 114 valence electrons. The molecular formula is C16H27ClN2O. The lowest BCUT2D eigenvalue weighted by atomic mass is 9.49. The largest absolute Gasteiger partial charge is 0.356 e. The first-order valence-corrected chi connectivity index (χ1v) is 8.18. The highest BCUT2D eigenvalue weighted by molar-refractivity contribution is 5.85.